The zero-order valence-electron chi connectivity index (χ0n) is 20.1. The molecule has 0 spiro atoms. The second-order valence-electron chi connectivity index (χ2n) is 8.37. The molecule has 37 heavy (non-hydrogen) atoms. The van der Waals surface area contributed by atoms with Gasteiger partial charge in [0.1, 0.15) is 0 Å². The van der Waals surface area contributed by atoms with Crippen LogP contribution in [0.5, 0.6) is 0 Å². The minimum absolute atomic E-state index is 0.174. The molecule has 0 aliphatic carbocycles. The molecule has 0 atom stereocenters. The number of hydrogen-bond acceptors (Lipinski definition) is 6. The second kappa shape index (κ2) is 12.1. The Hall–Kier alpha value is -4.30. The van der Waals surface area contributed by atoms with Gasteiger partial charge in [0.15, 0.2) is 10.9 Å². The zero-order valence-corrected chi connectivity index (χ0v) is 21.0. The Morgan fingerprint density at radius 2 is 1.41 bits per heavy atom. The topological polar surface area (TPSA) is 85.6 Å². The van der Waals surface area contributed by atoms with Crippen molar-refractivity contribution >= 4 is 17.7 Å². The first-order valence-corrected chi connectivity index (χ1v) is 13.1. The third kappa shape index (κ3) is 6.10. The summed E-state index contributed by atoms with van der Waals surface area (Å²) in [4.78, 5) is 21.9. The van der Waals surface area contributed by atoms with Gasteiger partial charge in [0.05, 0.1) is 11.4 Å². The van der Waals surface area contributed by atoms with Crippen LogP contribution in [0.2, 0.25) is 0 Å². The van der Waals surface area contributed by atoms with E-state index in [-0.39, 0.29) is 11.8 Å². The first-order chi connectivity index (χ1) is 18.3. The number of benzene rings is 3. The minimum atomic E-state index is -0.244. The number of rotatable bonds is 10. The van der Waals surface area contributed by atoms with Gasteiger partial charge in [-0.05, 0) is 35.7 Å². The number of carbonyl (C=O) groups is 1. The van der Waals surface area contributed by atoms with Crippen LogP contribution in [0.3, 0.4) is 0 Å². The maximum atomic E-state index is 13.3. The third-order valence-corrected chi connectivity index (χ3v) is 6.87. The fourth-order valence-corrected chi connectivity index (χ4v) is 4.98. The molecule has 0 aliphatic heterocycles. The number of thioether (sulfide) groups is 1. The van der Waals surface area contributed by atoms with Crippen molar-refractivity contribution in [3.05, 3.63) is 132 Å². The lowest BCUT2D eigenvalue weighted by Gasteiger charge is -2.18. The van der Waals surface area contributed by atoms with Crippen molar-refractivity contribution in [2.75, 3.05) is 6.54 Å². The van der Waals surface area contributed by atoms with Crippen molar-refractivity contribution in [3.8, 4) is 5.69 Å². The lowest BCUT2D eigenvalue weighted by molar-refractivity contribution is 0.0947. The summed E-state index contributed by atoms with van der Waals surface area (Å²) in [7, 11) is 0. The van der Waals surface area contributed by atoms with Crippen molar-refractivity contribution in [2.45, 2.75) is 23.2 Å². The molecule has 0 bridgehead atoms. The summed E-state index contributed by atoms with van der Waals surface area (Å²) in [6.07, 6.45) is 4.16. The minimum Gasteiger partial charge on any atom is -0.351 e. The molecule has 1 N–H and O–H groups in total. The largest absolute Gasteiger partial charge is 0.351 e. The lowest BCUT2D eigenvalue weighted by atomic mass is 9.88. The first kappa shape index (κ1) is 24.4. The van der Waals surface area contributed by atoms with E-state index in [1.54, 1.807) is 23.1 Å². The van der Waals surface area contributed by atoms with Crippen LogP contribution in [0, 0.1) is 0 Å². The van der Waals surface area contributed by atoms with Gasteiger partial charge in [-0.1, -0.05) is 95.8 Å². The van der Waals surface area contributed by atoms with Crippen LogP contribution in [0.25, 0.3) is 5.69 Å². The third-order valence-electron chi connectivity index (χ3n) is 5.98. The first-order valence-electron chi connectivity index (χ1n) is 12.1. The van der Waals surface area contributed by atoms with Crippen molar-refractivity contribution in [1.82, 2.24) is 30.3 Å². The second-order valence-corrected chi connectivity index (χ2v) is 9.31. The highest BCUT2D eigenvalue weighted by Crippen LogP contribution is 2.27. The lowest BCUT2D eigenvalue weighted by Crippen LogP contribution is -2.27. The molecule has 2 aromatic heterocycles. The molecule has 5 rings (SSSR count). The molecule has 0 unspecified atom stereocenters. The van der Waals surface area contributed by atoms with E-state index in [4.69, 9.17) is 0 Å². The van der Waals surface area contributed by atoms with E-state index in [1.165, 1.54) is 22.9 Å². The van der Waals surface area contributed by atoms with E-state index >= 15 is 0 Å². The standard InChI is InChI=1S/C29H26N6OS/c36-28(30-20-17-25(22-11-4-1-5-12-22)23-13-6-2-7-14-23)27-26(21-37-29-31-18-10-19-32-29)35(34-33-27)24-15-8-3-9-16-24/h1-16,18-19,25H,17,20-21H2,(H,30,36). The maximum absolute atomic E-state index is 13.3. The quantitative estimate of drug-likeness (QED) is 0.204. The van der Waals surface area contributed by atoms with Crippen molar-refractivity contribution in [2.24, 2.45) is 0 Å². The van der Waals surface area contributed by atoms with Crippen molar-refractivity contribution in [3.63, 3.8) is 0 Å². The van der Waals surface area contributed by atoms with Gasteiger partial charge in [0, 0.05) is 30.6 Å². The monoisotopic (exact) mass is 506 g/mol. The van der Waals surface area contributed by atoms with Crippen LogP contribution >= 0.6 is 11.8 Å². The van der Waals surface area contributed by atoms with Gasteiger partial charge in [-0.2, -0.15) is 0 Å². The summed E-state index contributed by atoms with van der Waals surface area (Å²) in [6.45, 7) is 0.500. The highest BCUT2D eigenvalue weighted by atomic mass is 32.2. The molecular weight excluding hydrogens is 480 g/mol. The summed E-state index contributed by atoms with van der Waals surface area (Å²) in [5.41, 5.74) is 4.29. The van der Waals surface area contributed by atoms with Crippen molar-refractivity contribution < 1.29 is 4.79 Å². The molecule has 2 heterocycles. The Morgan fingerprint density at radius 1 is 0.811 bits per heavy atom. The number of nitrogens with one attached hydrogen (secondary N) is 1. The molecule has 5 aromatic rings. The van der Waals surface area contributed by atoms with Gasteiger partial charge in [-0.3, -0.25) is 4.79 Å². The van der Waals surface area contributed by atoms with E-state index in [9.17, 15) is 4.79 Å². The number of carbonyl (C=O) groups excluding carboxylic acids is 1. The van der Waals surface area contributed by atoms with Crippen LogP contribution in [-0.4, -0.2) is 37.4 Å². The van der Waals surface area contributed by atoms with E-state index in [0.29, 0.717) is 28.8 Å². The number of para-hydroxylation sites is 1. The highest BCUT2D eigenvalue weighted by Gasteiger charge is 2.22. The number of amides is 1. The molecule has 184 valence electrons. The molecule has 0 aliphatic rings. The summed E-state index contributed by atoms with van der Waals surface area (Å²) in [6, 6.07) is 32.2. The van der Waals surface area contributed by atoms with Gasteiger partial charge in [0.2, 0.25) is 0 Å². The van der Waals surface area contributed by atoms with Crippen LogP contribution < -0.4 is 5.32 Å². The van der Waals surface area contributed by atoms with Gasteiger partial charge in [-0.15, -0.1) is 5.10 Å². The molecule has 0 fully saturated rings. The molecule has 0 saturated heterocycles. The highest BCUT2D eigenvalue weighted by molar-refractivity contribution is 7.98. The Balaban J connectivity index is 1.33. The molecular formula is C29H26N6OS. The van der Waals surface area contributed by atoms with Gasteiger partial charge in [0.25, 0.3) is 5.91 Å². The van der Waals surface area contributed by atoms with E-state index in [0.717, 1.165) is 12.1 Å². The number of nitrogens with zero attached hydrogens (tertiary/aromatic N) is 5. The Bertz CT molecular complexity index is 1370. The van der Waals surface area contributed by atoms with Crippen LogP contribution in [-0.2, 0) is 5.75 Å². The molecule has 3 aromatic carbocycles. The average Bonchev–Trinajstić information content (AvgIpc) is 3.40. The van der Waals surface area contributed by atoms with Gasteiger partial charge < -0.3 is 5.32 Å². The zero-order chi connectivity index (χ0) is 25.3. The normalized spacial score (nSPS) is 10.9. The summed E-state index contributed by atoms with van der Waals surface area (Å²) >= 11 is 1.44. The summed E-state index contributed by atoms with van der Waals surface area (Å²) < 4.78 is 1.71. The predicted molar refractivity (Wildman–Crippen MR) is 145 cm³/mol. The molecule has 1 amide bonds. The Labute approximate surface area is 220 Å². The predicted octanol–water partition coefficient (Wildman–Crippen LogP) is 5.30. The van der Waals surface area contributed by atoms with E-state index in [1.807, 2.05) is 66.7 Å². The Kier molecular flexibility index (Phi) is 7.98. The number of hydrogen-bond donors (Lipinski definition) is 1. The molecule has 0 radical (unpaired) electrons. The SMILES string of the molecule is O=C(NCCC(c1ccccc1)c1ccccc1)c1nnn(-c2ccccc2)c1CSc1ncccn1. The smallest absolute Gasteiger partial charge is 0.273 e. The fraction of sp³-hybridized carbons (Fsp3) is 0.138. The fourth-order valence-electron chi connectivity index (χ4n) is 4.19. The Morgan fingerprint density at radius 3 is 2.03 bits per heavy atom. The van der Waals surface area contributed by atoms with Crippen LogP contribution in [0.15, 0.2) is 115 Å². The summed E-state index contributed by atoms with van der Waals surface area (Å²) in [5, 5.41) is 12.3. The average molecular weight is 507 g/mol. The molecule has 8 heteroatoms. The maximum Gasteiger partial charge on any atom is 0.273 e. The van der Waals surface area contributed by atoms with E-state index < -0.39 is 0 Å². The molecule has 7 nitrogen and oxygen atoms in total. The van der Waals surface area contributed by atoms with E-state index in [2.05, 4.69) is 49.9 Å². The van der Waals surface area contributed by atoms with Gasteiger partial charge >= 0.3 is 0 Å². The molecule has 0 saturated carbocycles. The van der Waals surface area contributed by atoms with Crippen molar-refractivity contribution in [1.29, 1.82) is 0 Å². The van der Waals surface area contributed by atoms with Crippen LogP contribution in [0.4, 0.5) is 0 Å². The van der Waals surface area contributed by atoms with Crippen LogP contribution in [0.1, 0.15) is 39.6 Å². The summed E-state index contributed by atoms with van der Waals surface area (Å²) in [5.74, 6) is 0.380. The van der Waals surface area contributed by atoms with Gasteiger partial charge in [-0.25, -0.2) is 14.6 Å². The number of aromatic nitrogens is 5.